The van der Waals surface area contributed by atoms with Crippen LogP contribution in [0.25, 0.3) is 60.8 Å². The molecule has 0 saturated heterocycles. The molecule has 58 heavy (non-hydrogen) atoms. The number of benzene rings is 7. The molecule has 0 radical (unpaired) electrons. The van der Waals surface area contributed by atoms with Crippen LogP contribution in [0.1, 0.15) is 42.9 Å². The third kappa shape index (κ3) is 4.46. The maximum absolute atomic E-state index is 2.68. The van der Waals surface area contributed by atoms with Crippen LogP contribution in [0.3, 0.4) is 0 Å². The second-order valence-electron chi connectivity index (χ2n) is 16.4. The Balaban J connectivity index is 1.14. The minimum atomic E-state index is 0.577. The van der Waals surface area contributed by atoms with Crippen molar-refractivity contribution >= 4 is 94.9 Å². The Morgan fingerprint density at radius 2 is 1.03 bits per heavy atom. The molecule has 7 aromatic carbocycles. The first-order valence-electron chi connectivity index (χ1n) is 20.8. The third-order valence-corrected chi connectivity index (χ3v) is 13.3. The molecule has 2 atom stereocenters. The summed E-state index contributed by atoms with van der Waals surface area (Å²) in [5, 5.41) is 6.47. The van der Waals surface area contributed by atoms with Crippen LogP contribution in [-0.2, 0) is 0 Å². The van der Waals surface area contributed by atoms with Crippen molar-refractivity contribution in [1.82, 2.24) is 8.97 Å². The van der Waals surface area contributed by atoms with E-state index in [4.69, 9.17) is 0 Å². The average Bonchev–Trinajstić information content (AvgIpc) is 4.01. The van der Waals surface area contributed by atoms with Crippen molar-refractivity contribution in [3.8, 4) is 0 Å². The summed E-state index contributed by atoms with van der Waals surface area (Å²) < 4.78 is 5.25. The number of fused-ring (bicyclic) bond motifs is 12. The normalized spacial score (nSPS) is 17.1. The minimum Gasteiger partial charge on any atom is -0.316 e. The van der Waals surface area contributed by atoms with Crippen molar-refractivity contribution in [2.45, 2.75) is 31.6 Å². The van der Waals surface area contributed by atoms with E-state index in [1.807, 2.05) is 0 Å². The van der Waals surface area contributed by atoms with Crippen LogP contribution in [0.5, 0.6) is 0 Å². The lowest BCUT2D eigenvalue weighted by Crippen LogP contribution is -2.12. The van der Waals surface area contributed by atoms with Crippen LogP contribution < -0.4 is 9.80 Å². The van der Waals surface area contributed by atoms with E-state index < -0.39 is 0 Å². The summed E-state index contributed by atoms with van der Waals surface area (Å²) >= 11 is 0. The molecule has 4 heterocycles. The zero-order valence-electron chi connectivity index (χ0n) is 32.1. The number of anilines is 6. The number of allylic oxidation sites excluding steroid dienone is 3. The quantitative estimate of drug-likeness (QED) is 0.168. The first-order valence-corrected chi connectivity index (χ1v) is 20.8. The van der Waals surface area contributed by atoms with Gasteiger partial charge in [-0.1, -0.05) is 91.0 Å². The van der Waals surface area contributed by atoms with Gasteiger partial charge in [0.2, 0.25) is 0 Å². The van der Waals surface area contributed by atoms with E-state index in [-0.39, 0.29) is 0 Å². The van der Waals surface area contributed by atoms with Gasteiger partial charge in [-0.15, -0.1) is 0 Å². The molecular weight excluding hydrogens is 705 g/mol. The molecule has 3 aliphatic rings. The number of para-hydroxylation sites is 4. The molecule has 1 aliphatic heterocycles. The average molecular weight is 745 g/mol. The lowest BCUT2D eigenvalue weighted by Gasteiger charge is -2.26. The van der Waals surface area contributed by atoms with E-state index in [1.54, 1.807) is 11.4 Å². The van der Waals surface area contributed by atoms with Crippen molar-refractivity contribution in [2.75, 3.05) is 9.80 Å². The second kappa shape index (κ2) is 12.2. The summed E-state index contributed by atoms with van der Waals surface area (Å²) in [7, 11) is 0. The van der Waals surface area contributed by atoms with Gasteiger partial charge in [0, 0.05) is 89.8 Å². The standard InChI is InChI=1S/C54H40N4/c1-5-16-35(17-6-1)55(36-18-7-2-8-19-36)39-28-29-50-44(30-39)47-31-40(56(37-20-9-3-10-21-37)38-22-11-4-12-23-38)32-48-46-33-45-43-26-15-25-42-41-24-13-14-27-49(41)57(53(42)43)51(45)34-52(46)58(50)54(47)48/h1-12,15-23,26-34,41-42H,13-14,24-25H2. The van der Waals surface area contributed by atoms with Gasteiger partial charge in [-0.25, -0.2) is 0 Å². The van der Waals surface area contributed by atoms with Crippen LogP contribution in [0, 0.1) is 5.92 Å². The number of hydrogen-bond donors (Lipinski definition) is 0. The SMILES string of the molecule is C1=Cc2c3n(c4cc5c(cc24)c2cc(N(c4ccccc4)c4ccccc4)cc4c6cc(N(c7ccccc7)c7ccccc7)ccc6n5c42)C2=CCCCC2C3C1. The highest BCUT2D eigenvalue weighted by Gasteiger charge is 2.41. The van der Waals surface area contributed by atoms with Gasteiger partial charge in [0.1, 0.15) is 0 Å². The first kappa shape index (κ1) is 32.1. The van der Waals surface area contributed by atoms with E-state index >= 15 is 0 Å². The van der Waals surface area contributed by atoms with Crippen LogP contribution in [-0.4, -0.2) is 8.97 Å². The number of rotatable bonds is 6. The molecule has 0 saturated carbocycles. The Kier molecular flexibility index (Phi) is 6.77. The van der Waals surface area contributed by atoms with Crippen molar-refractivity contribution in [3.63, 3.8) is 0 Å². The summed E-state index contributed by atoms with van der Waals surface area (Å²) in [4.78, 5) is 4.79. The monoisotopic (exact) mass is 744 g/mol. The van der Waals surface area contributed by atoms with Crippen molar-refractivity contribution in [3.05, 3.63) is 187 Å². The van der Waals surface area contributed by atoms with Crippen molar-refractivity contribution in [1.29, 1.82) is 0 Å². The smallest absolute Gasteiger partial charge is 0.0622 e. The summed E-state index contributed by atoms with van der Waals surface area (Å²) in [6, 6.07) is 60.2. The van der Waals surface area contributed by atoms with Gasteiger partial charge in [-0.3, -0.25) is 0 Å². The molecule has 0 amide bonds. The number of nitrogens with zero attached hydrogens (tertiary/aromatic N) is 4. The van der Waals surface area contributed by atoms with Crippen molar-refractivity contribution in [2.24, 2.45) is 5.92 Å². The van der Waals surface area contributed by atoms with Gasteiger partial charge in [0.15, 0.2) is 0 Å². The molecule has 0 spiro atoms. The van der Waals surface area contributed by atoms with Gasteiger partial charge in [-0.05, 0) is 117 Å². The van der Waals surface area contributed by atoms with Gasteiger partial charge >= 0.3 is 0 Å². The molecule has 276 valence electrons. The molecule has 13 rings (SSSR count). The fraction of sp³-hybridized carbons (Fsp3) is 0.111. The Labute approximate surface area is 337 Å². The Bertz CT molecular complexity index is 3200. The van der Waals surface area contributed by atoms with E-state index in [2.05, 4.69) is 201 Å². The lowest BCUT2D eigenvalue weighted by atomic mass is 9.78. The van der Waals surface area contributed by atoms with Gasteiger partial charge < -0.3 is 18.8 Å². The molecule has 2 unspecified atom stereocenters. The lowest BCUT2D eigenvalue weighted by molar-refractivity contribution is 0.480. The summed E-state index contributed by atoms with van der Waals surface area (Å²) in [6.07, 6.45) is 12.3. The zero-order chi connectivity index (χ0) is 37.9. The topological polar surface area (TPSA) is 15.8 Å². The summed E-state index contributed by atoms with van der Waals surface area (Å²) in [5.41, 5.74) is 16.5. The Morgan fingerprint density at radius 3 is 1.66 bits per heavy atom. The predicted molar refractivity (Wildman–Crippen MR) is 244 cm³/mol. The van der Waals surface area contributed by atoms with Gasteiger partial charge in [-0.2, -0.15) is 0 Å². The second-order valence-corrected chi connectivity index (χ2v) is 16.4. The van der Waals surface area contributed by atoms with Crippen molar-refractivity contribution < 1.29 is 0 Å². The zero-order valence-corrected chi connectivity index (χ0v) is 32.1. The van der Waals surface area contributed by atoms with E-state index in [1.165, 1.54) is 73.8 Å². The van der Waals surface area contributed by atoms with E-state index in [0.29, 0.717) is 11.8 Å². The Morgan fingerprint density at radius 1 is 0.466 bits per heavy atom. The van der Waals surface area contributed by atoms with E-state index in [9.17, 15) is 0 Å². The molecule has 0 N–H and O–H groups in total. The Hall–Kier alpha value is -7.04. The predicted octanol–water partition coefficient (Wildman–Crippen LogP) is 14.9. The molecule has 10 aromatic rings. The van der Waals surface area contributed by atoms with Crippen LogP contribution in [0.15, 0.2) is 176 Å². The van der Waals surface area contributed by atoms with Gasteiger partial charge in [0.05, 0.1) is 22.1 Å². The first-order chi connectivity index (χ1) is 28.8. The largest absolute Gasteiger partial charge is 0.316 e. The van der Waals surface area contributed by atoms with Crippen LogP contribution in [0.2, 0.25) is 0 Å². The molecular formula is C54H40N4. The maximum atomic E-state index is 2.68. The number of hydrogen-bond acceptors (Lipinski definition) is 2. The molecule has 0 fully saturated rings. The van der Waals surface area contributed by atoms with E-state index in [0.717, 1.165) is 40.5 Å². The van der Waals surface area contributed by atoms with Crippen LogP contribution >= 0.6 is 0 Å². The molecule has 2 aliphatic carbocycles. The fourth-order valence-corrected chi connectivity index (χ4v) is 11.0. The summed E-state index contributed by atoms with van der Waals surface area (Å²) in [6.45, 7) is 0. The highest BCUT2D eigenvalue weighted by atomic mass is 15.2. The fourth-order valence-electron chi connectivity index (χ4n) is 11.0. The highest BCUT2D eigenvalue weighted by Crippen LogP contribution is 2.55. The third-order valence-electron chi connectivity index (χ3n) is 13.3. The molecule has 4 heteroatoms. The molecule has 3 aromatic heterocycles. The number of aromatic nitrogens is 2. The maximum Gasteiger partial charge on any atom is 0.0622 e. The minimum absolute atomic E-state index is 0.577. The van der Waals surface area contributed by atoms with Gasteiger partial charge in [0.25, 0.3) is 0 Å². The molecule has 4 nitrogen and oxygen atoms in total. The highest BCUT2D eigenvalue weighted by molar-refractivity contribution is 6.26. The summed E-state index contributed by atoms with van der Waals surface area (Å²) in [5.74, 6) is 1.20. The molecule has 0 bridgehead atoms. The van der Waals surface area contributed by atoms with Crippen LogP contribution in [0.4, 0.5) is 34.1 Å².